The average Bonchev–Trinajstić information content (AvgIpc) is 2.81. The number of carbonyl (C=O) groups excluding carboxylic acids is 4. The molecule has 1 saturated heterocycles. The van der Waals surface area contributed by atoms with E-state index in [0.717, 1.165) is 0 Å². The van der Waals surface area contributed by atoms with Gasteiger partial charge in [-0.15, -0.1) is 0 Å². The SMILES string of the molecule is C=C1NC(=O)N[C@H](c2cccc(OCC(=O)OC)c2)[C@H]1C(=O)Nc1ccccc1C(=O)OC. The molecular formula is C23H23N3O7. The molecule has 0 unspecified atom stereocenters. The van der Waals surface area contributed by atoms with E-state index in [0.29, 0.717) is 11.3 Å². The van der Waals surface area contributed by atoms with Crippen molar-refractivity contribution in [1.29, 1.82) is 0 Å². The molecule has 0 spiro atoms. The summed E-state index contributed by atoms with van der Waals surface area (Å²) < 4.78 is 14.7. The van der Waals surface area contributed by atoms with Crippen LogP contribution >= 0.6 is 0 Å². The number of hydrogen-bond acceptors (Lipinski definition) is 7. The Hall–Kier alpha value is -4.34. The molecule has 0 aromatic heterocycles. The minimum Gasteiger partial charge on any atom is -0.482 e. The number of methoxy groups -OCH3 is 2. The molecule has 10 nitrogen and oxygen atoms in total. The maximum Gasteiger partial charge on any atom is 0.343 e. The van der Waals surface area contributed by atoms with Gasteiger partial charge < -0.3 is 30.2 Å². The van der Waals surface area contributed by atoms with Gasteiger partial charge in [-0.1, -0.05) is 30.8 Å². The molecule has 172 valence electrons. The molecule has 3 N–H and O–H groups in total. The third-order valence-electron chi connectivity index (χ3n) is 4.94. The Morgan fingerprint density at radius 1 is 1.06 bits per heavy atom. The molecule has 2 aromatic rings. The summed E-state index contributed by atoms with van der Waals surface area (Å²) in [6, 6.07) is 11.7. The molecule has 1 aliphatic rings. The van der Waals surface area contributed by atoms with Crippen LogP contribution in [0.4, 0.5) is 10.5 Å². The minimum atomic E-state index is -0.927. The Kier molecular flexibility index (Phi) is 7.29. The van der Waals surface area contributed by atoms with Crippen molar-refractivity contribution in [2.75, 3.05) is 26.1 Å². The van der Waals surface area contributed by atoms with E-state index in [2.05, 4.69) is 27.3 Å². The number of carbonyl (C=O) groups is 4. The topological polar surface area (TPSA) is 132 Å². The molecule has 0 aliphatic carbocycles. The number of ether oxygens (including phenoxy) is 3. The lowest BCUT2D eigenvalue weighted by atomic mass is 9.88. The fourth-order valence-electron chi connectivity index (χ4n) is 3.36. The van der Waals surface area contributed by atoms with Gasteiger partial charge in [0.05, 0.1) is 31.5 Å². The van der Waals surface area contributed by atoms with Crippen LogP contribution in [0.2, 0.25) is 0 Å². The van der Waals surface area contributed by atoms with Gasteiger partial charge in [0.15, 0.2) is 6.61 Å². The molecular weight excluding hydrogens is 430 g/mol. The lowest BCUT2D eigenvalue weighted by Gasteiger charge is -2.34. The van der Waals surface area contributed by atoms with Gasteiger partial charge in [-0.25, -0.2) is 14.4 Å². The van der Waals surface area contributed by atoms with Crippen molar-refractivity contribution in [2.45, 2.75) is 6.04 Å². The Balaban J connectivity index is 1.88. The van der Waals surface area contributed by atoms with Crippen LogP contribution in [-0.4, -0.2) is 44.7 Å². The van der Waals surface area contributed by atoms with Crippen molar-refractivity contribution in [3.63, 3.8) is 0 Å². The van der Waals surface area contributed by atoms with Crippen LogP contribution < -0.4 is 20.7 Å². The van der Waals surface area contributed by atoms with Crippen molar-refractivity contribution in [2.24, 2.45) is 5.92 Å². The van der Waals surface area contributed by atoms with E-state index in [9.17, 15) is 19.2 Å². The Bertz CT molecular complexity index is 1100. The highest BCUT2D eigenvalue weighted by molar-refractivity contribution is 6.03. The summed E-state index contributed by atoms with van der Waals surface area (Å²) in [5.41, 5.74) is 1.17. The number of para-hydroxylation sites is 1. The summed E-state index contributed by atoms with van der Waals surface area (Å²) in [5.74, 6) is -2.23. The summed E-state index contributed by atoms with van der Waals surface area (Å²) >= 11 is 0. The molecule has 3 rings (SSSR count). The van der Waals surface area contributed by atoms with Gasteiger partial charge in [0.25, 0.3) is 0 Å². The lowest BCUT2D eigenvalue weighted by Crippen LogP contribution is -2.51. The predicted octanol–water partition coefficient (Wildman–Crippen LogP) is 2.15. The summed E-state index contributed by atoms with van der Waals surface area (Å²) in [6.45, 7) is 3.54. The van der Waals surface area contributed by atoms with E-state index in [1.54, 1.807) is 42.5 Å². The number of amides is 3. The van der Waals surface area contributed by atoms with Crippen molar-refractivity contribution in [1.82, 2.24) is 10.6 Å². The second-order valence-electron chi connectivity index (χ2n) is 7.04. The van der Waals surface area contributed by atoms with Gasteiger partial charge in [-0.05, 0) is 29.8 Å². The molecule has 0 radical (unpaired) electrons. The third kappa shape index (κ3) is 5.48. The van der Waals surface area contributed by atoms with Crippen molar-refractivity contribution in [3.8, 4) is 5.75 Å². The van der Waals surface area contributed by atoms with Crippen molar-refractivity contribution < 1.29 is 33.4 Å². The van der Waals surface area contributed by atoms with Gasteiger partial charge in [0, 0.05) is 5.70 Å². The monoisotopic (exact) mass is 453 g/mol. The number of esters is 2. The van der Waals surface area contributed by atoms with E-state index in [1.807, 2.05) is 0 Å². The fourth-order valence-corrected chi connectivity index (χ4v) is 3.36. The number of anilines is 1. The van der Waals surface area contributed by atoms with Crippen LogP contribution in [0.3, 0.4) is 0 Å². The minimum absolute atomic E-state index is 0.178. The van der Waals surface area contributed by atoms with Crippen LogP contribution in [0.5, 0.6) is 5.75 Å². The van der Waals surface area contributed by atoms with Gasteiger partial charge in [-0.2, -0.15) is 0 Å². The van der Waals surface area contributed by atoms with Crippen LogP contribution in [0.15, 0.2) is 60.8 Å². The molecule has 10 heteroatoms. The number of rotatable bonds is 7. The quantitative estimate of drug-likeness (QED) is 0.547. The highest BCUT2D eigenvalue weighted by Crippen LogP contribution is 2.32. The lowest BCUT2D eigenvalue weighted by molar-refractivity contribution is -0.142. The van der Waals surface area contributed by atoms with Gasteiger partial charge >= 0.3 is 18.0 Å². The number of benzene rings is 2. The summed E-state index contributed by atoms with van der Waals surface area (Å²) in [4.78, 5) is 48.8. The largest absolute Gasteiger partial charge is 0.482 e. The fraction of sp³-hybridized carbons (Fsp3) is 0.217. The number of urea groups is 1. The van der Waals surface area contributed by atoms with Crippen molar-refractivity contribution in [3.05, 3.63) is 71.9 Å². The van der Waals surface area contributed by atoms with E-state index in [-0.39, 0.29) is 23.6 Å². The maximum atomic E-state index is 13.3. The molecule has 1 fully saturated rings. The van der Waals surface area contributed by atoms with Crippen LogP contribution in [0.1, 0.15) is 22.0 Å². The summed E-state index contributed by atoms with van der Waals surface area (Å²) in [7, 11) is 2.49. The molecule has 1 heterocycles. The van der Waals surface area contributed by atoms with Gasteiger partial charge in [0.1, 0.15) is 11.7 Å². The van der Waals surface area contributed by atoms with E-state index < -0.39 is 35.8 Å². The molecule has 0 bridgehead atoms. The summed E-state index contributed by atoms with van der Waals surface area (Å²) in [5, 5.41) is 7.96. The first kappa shape index (κ1) is 23.3. The van der Waals surface area contributed by atoms with E-state index in [4.69, 9.17) is 9.47 Å². The van der Waals surface area contributed by atoms with Crippen molar-refractivity contribution >= 4 is 29.6 Å². The average molecular weight is 453 g/mol. The second kappa shape index (κ2) is 10.3. The molecule has 33 heavy (non-hydrogen) atoms. The predicted molar refractivity (Wildman–Crippen MR) is 117 cm³/mol. The molecule has 0 saturated carbocycles. The Labute approximate surface area is 189 Å². The molecule has 2 aromatic carbocycles. The first-order chi connectivity index (χ1) is 15.8. The van der Waals surface area contributed by atoms with Crippen LogP contribution in [-0.2, 0) is 19.1 Å². The number of hydrogen-bond donors (Lipinski definition) is 3. The first-order valence-electron chi connectivity index (χ1n) is 9.88. The van der Waals surface area contributed by atoms with Gasteiger partial charge in [0.2, 0.25) is 5.91 Å². The highest BCUT2D eigenvalue weighted by Gasteiger charge is 2.38. The van der Waals surface area contributed by atoms with Crippen LogP contribution in [0, 0.1) is 5.92 Å². The van der Waals surface area contributed by atoms with E-state index >= 15 is 0 Å². The maximum absolute atomic E-state index is 13.3. The normalized spacial score (nSPS) is 17.3. The Morgan fingerprint density at radius 2 is 1.82 bits per heavy atom. The number of nitrogens with one attached hydrogen (secondary N) is 3. The first-order valence-corrected chi connectivity index (χ1v) is 9.88. The zero-order valence-electron chi connectivity index (χ0n) is 18.0. The third-order valence-corrected chi connectivity index (χ3v) is 4.94. The molecule has 1 aliphatic heterocycles. The zero-order valence-corrected chi connectivity index (χ0v) is 18.0. The zero-order chi connectivity index (χ0) is 24.0. The smallest absolute Gasteiger partial charge is 0.343 e. The van der Waals surface area contributed by atoms with E-state index in [1.165, 1.54) is 20.3 Å². The second-order valence-corrected chi connectivity index (χ2v) is 7.04. The summed E-state index contributed by atoms with van der Waals surface area (Å²) in [6.07, 6.45) is 0. The highest BCUT2D eigenvalue weighted by atomic mass is 16.6. The molecule has 2 atom stereocenters. The Morgan fingerprint density at radius 3 is 2.55 bits per heavy atom. The van der Waals surface area contributed by atoms with Gasteiger partial charge in [-0.3, -0.25) is 4.79 Å². The van der Waals surface area contributed by atoms with Crippen LogP contribution in [0.25, 0.3) is 0 Å². The standard InChI is InChI=1S/C23H23N3O7/c1-13-19(21(28)25-17-10-5-4-9-16(17)22(29)32-3)20(26-23(30)24-13)14-7-6-8-15(11-14)33-12-18(27)31-2/h4-11,19-20H,1,12H2,2-3H3,(H,25,28)(H2,24,26,30)/t19-,20+/m0/s1. The molecule has 3 amide bonds.